The second-order valence-electron chi connectivity index (χ2n) is 7.10. The van der Waals surface area contributed by atoms with Gasteiger partial charge in [-0.1, -0.05) is 36.4 Å². The number of nitrogens with zero attached hydrogens (tertiary/aromatic N) is 2. The monoisotopic (exact) mass is 439 g/mol. The van der Waals surface area contributed by atoms with E-state index in [9.17, 15) is 9.59 Å². The topological polar surface area (TPSA) is 133 Å². The summed E-state index contributed by atoms with van der Waals surface area (Å²) in [6.45, 7) is 0.0503. The van der Waals surface area contributed by atoms with Gasteiger partial charge >= 0.3 is 0 Å². The lowest BCUT2D eigenvalue weighted by molar-refractivity contribution is 0.0992. The average Bonchev–Trinajstić information content (AvgIpc) is 2.84. The van der Waals surface area contributed by atoms with Crippen LogP contribution in [-0.4, -0.2) is 21.8 Å². The Hall–Kier alpha value is -4.56. The quantitative estimate of drug-likeness (QED) is 0.402. The van der Waals surface area contributed by atoms with Gasteiger partial charge in [-0.15, -0.1) is 0 Å². The molecule has 0 unspecified atom stereocenters. The summed E-state index contributed by atoms with van der Waals surface area (Å²) in [5.74, 6) is 0.233. The summed E-state index contributed by atoms with van der Waals surface area (Å²) in [6, 6.07) is 23.3. The number of para-hydroxylation sites is 1. The van der Waals surface area contributed by atoms with Crippen LogP contribution < -0.4 is 21.5 Å². The van der Waals surface area contributed by atoms with Gasteiger partial charge in [-0.05, 0) is 42.5 Å². The number of hydrogen-bond acceptors (Lipinski definition) is 6. The molecule has 1 heterocycles. The Kier molecular flexibility index (Phi) is 6.38. The first kappa shape index (κ1) is 21.7. The zero-order valence-electron chi connectivity index (χ0n) is 17.6. The minimum Gasteiger partial charge on any atom is -0.457 e. The van der Waals surface area contributed by atoms with Crippen molar-refractivity contribution in [2.75, 3.05) is 5.32 Å². The lowest BCUT2D eigenvalue weighted by Crippen LogP contribution is -2.19. The molecule has 2 amide bonds. The van der Waals surface area contributed by atoms with Crippen molar-refractivity contribution < 1.29 is 14.3 Å². The van der Waals surface area contributed by atoms with Crippen LogP contribution in [0.1, 0.15) is 26.5 Å². The van der Waals surface area contributed by atoms with E-state index in [1.807, 2.05) is 30.3 Å². The van der Waals surface area contributed by atoms with Gasteiger partial charge in [-0.2, -0.15) is 0 Å². The SMILES string of the molecule is NCc1ncc(-c2cccc(NC(=O)c3cccc(Oc4ccccc4)c3)c2)nc1C(N)=O. The Morgan fingerprint density at radius 3 is 2.42 bits per heavy atom. The standard InChI is InChI=1S/C25H21N5O3/c26-14-21-23(24(27)31)30-22(15-28-21)16-6-4-8-18(12-16)29-25(32)17-7-5-11-20(13-17)33-19-9-2-1-3-10-19/h1-13,15H,14,26H2,(H2,27,31)(H,29,32). The second kappa shape index (κ2) is 9.71. The molecule has 3 aromatic carbocycles. The fourth-order valence-corrected chi connectivity index (χ4v) is 3.18. The minimum absolute atomic E-state index is 0.0275. The van der Waals surface area contributed by atoms with E-state index in [-0.39, 0.29) is 18.1 Å². The number of ether oxygens (including phenoxy) is 1. The zero-order valence-corrected chi connectivity index (χ0v) is 17.6. The molecule has 0 aliphatic carbocycles. The Bertz CT molecular complexity index is 1310. The van der Waals surface area contributed by atoms with Crippen molar-refractivity contribution in [3.05, 3.63) is 102 Å². The van der Waals surface area contributed by atoms with Gasteiger partial charge in [-0.3, -0.25) is 14.6 Å². The van der Waals surface area contributed by atoms with Crippen LogP contribution in [0.4, 0.5) is 5.69 Å². The Balaban J connectivity index is 1.53. The Morgan fingerprint density at radius 2 is 1.67 bits per heavy atom. The number of rotatable bonds is 7. The third-order valence-electron chi connectivity index (χ3n) is 4.77. The van der Waals surface area contributed by atoms with Crippen molar-refractivity contribution in [3.8, 4) is 22.8 Å². The summed E-state index contributed by atoms with van der Waals surface area (Å²) in [5, 5.41) is 2.87. The van der Waals surface area contributed by atoms with Gasteiger partial charge in [0.1, 0.15) is 11.5 Å². The van der Waals surface area contributed by atoms with Crippen LogP contribution in [-0.2, 0) is 6.54 Å². The lowest BCUT2D eigenvalue weighted by atomic mass is 10.1. The van der Waals surface area contributed by atoms with Gasteiger partial charge in [0.15, 0.2) is 5.69 Å². The van der Waals surface area contributed by atoms with Gasteiger partial charge in [0.05, 0.1) is 17.6 Å². The van der Waals surface area contributed by atoms with Crippen molar-refractivity contribution in [1.29, 1.82) is 0 Å². The molecule has 0 atom stereocenters. The summed E-state index contributed by atoms with van der Waals surface area (Å²) in [5.41, 5.74) is 13.4. The van der Waals surface area contributed by atoms with Crippen LogP contribution >= 0.6 is 0 Å². The van der Waals surface area contributed by atoms with E-state index in [0.717, 1.165) is 0 Å². The molecule has 0 aliphatic rings. The lowest BCUT2D eigenvalue weighted by Gasteiger charge is -2.10. The molecule has 4 rings (SSSR count). The molecule has 0 aliphatic heterocycles. The van der Waals surface area contributed by atoms with Crippen LogP contribution in [0.25, 0.3) is 11.3 Å². The minimum atomic E-state index is -0.702. The van der Waals surface area contributed by atoms with Gasteiger partial charge in [0, 0.05) is 23.4 Å². The van der Waals surface area contributed by atoms with Gasteiger partial charge in [0.2, 0.25) is 0 Å². The van der Waals surface area contributed by atoms with Crippen molar-refractivity contribution in [2.24, 2.45) is 11.5 Å². The second-order valence-corrected chi connectivity index (χ2v) is 7.10. The molecule has 0 spiro atoms. The van der Waals surface area contributed by atoms with Crippen LogP contribution in [0.15, 0.2) is 85.1 Å². The van der Waals surface area contributed by atoms with E-state index < -0.39 is 5.91 Å². The number of benzene rings is 3. The molecule has 5 N–H and O–H groups in total. The molecule has 4 aromatic rings. The number of nitrogens with one attached hydrogen (secondary N) is 1. The maximum absolute atomic E-state index is 12.8. The number of carbonyl (C=O) groups is 2. The van der Waals surface area contributed by atoms with E-state index in [1.54, 1.807) is 48.5 Å². The van der Waals surface area contributed by atoms with E-state index in [4.69, 9.17) is 16.2 Å². The van der Waals surface area contributed by atoms with Crippen molar-refractivity contribution >= 4 is 17.5 Å². The molecular formula is C25H21N5O3. The van der Waals surface area contributed by atoms with Gasteiger partial charge in [0.25, 0.3) is 11.8 Å². The third-order valence-corrected chi connectivity index (χ3v) is 4.77. The van der Waals surface area contributed by atoms with E-state index in [0.29, 0.717) is 39.7 Å². The van der Waals surface area contributed by atoms with Crippen LogP contribution in [0.3, 0.4) is 0 Å². The first-order chi connectivity index (χ1) is 16.0. The smallest absolute Gasteiger partial charge is 0.269 e. The summed E-state index contributed by atoms with van der Waals surface area (Å²) in [7, 11) is 0. The molecule has 164 valence electrons. The normalized spacial score (nSPS) is 10.5. The molecule has 33 heavy (non-hydrogen) atoms. The molecule has 8 nitrogen and oxygen atoms in total. The largest absolute Gasteiger partial charge is 0.457 e. The zero-order chi connectivity index (χ0) is 23.2. The van der Waals surface area contributed by atoms with E-state index in [2.05, 4.69) is 15.3 Å². The van der Waals surface area contributed by atoms with Crippen LogP contribution in [0.2, 0.25) is 0 Å². The third kappa shape index (κ3) is 5.20. The molecule has 1 aromatic heterocycles. The van der Waals surface area contributed by atoms with E-state index in [1.165, 1.54) is 6.20 Å². The molecule has 0 radical (unpaired) electrons. The molecule has 0 saturated carbocycles. The van der Waals surface area contributed by atoms with Crippen molar-refractivity contribution in [1.82, 2.24) is 9.97 Å². The van der Waals surface area contributed by atoms with Crippen molar-refractivity contribution in [2.45, 2.75) is 6.54 Å². The fourth-order valence-electron chi connectivity index (χ4n) is 3.18. The van der Waals surface area contributed by atoms with E-state index >= 15 is 0 Å². The number of anilines is 1. The first-order valence-electron chi connectivity index (χ1n) is 10.1. The average molecular weight is 439 g/mol. The number of carbonyl (C=O) groups excluding carboxylic acids is 2. The summed E-state index contributed by atoms with van der Waals surface area (Å²) < 4.78 is 5.80. The maximum atomic E-state index is 12.8. The number of nitrogens with two attached hydrogens (primary N) is 2. The molecule has 8 heteroatoms. The Labute approximate surface area is 190 Å². The summed E-state index contributed by atoms with van der Waals surface area (Å²) in [6.07, 6.45) is 1.51. The molecular weight excluding hydrogens is 418 g/mol. The highest BCUT2D eigenvalue weighted by molar-refractivity contribution is 6.04. The highest BCUT2D eigenvalue weighted by Gasteiger charge is 2.14. The summed E-state index contributed by atoms with van der Waals surface area (Å²) in [4.78, 5) is 33.0. The predicted molar refractivity (Wildman–Crippen MR) is 125 cm³/mol. The number of hydrogen-bond donors (Lipinski definition) is 3. The summed E-state index contributed by atoms with van der Waals surface area (Å²) >= 11 is 0. The Morgan fingerprint density at radius 1 is 0.909 bits per heavy atom. The number of aromatic nitrogens is 2. The van der Waals surface area contributed by atoms with Crippen LogP contribution in [0.5, 0.6) is 11.5 Å². The van der Waals surface area contributed by atoms with Crippen LogP contribution in [0, 0.1) is 0 Å². The number of amides is 2. The van der Waals surface area contributed by atoms with Gasteiger partial charge < -0.3 is 21.5 Å². The predicted octanol–water partition coefficient (Wildman–Crippen LogP) is 3.75. The first-order valence-corrected chi connectivity index (χ1v) is 10.1. The maximum Gasteiger partial charge on any atom is 0.269 e. The van der Waals surface area contributed by atoms with Gasteiger partial charge in [-0.25, -0.2) is 4.98 Å². The fraction of sp³-hybridized carbons (Fsp3) is 0.0400. The molecule has 0 saturated heterocycles. The highest BCUT2D eigenvalue weighted by atomic mass is 16.5. The van der Waals surface area contributed by atoms with Crippen molar-refractivity contribution in [3.63, 3.8) is 0 Å². The molecule has 0 fully saturated rings. The number of primary amides is 1. The highest BCUT2D eigenvalue weighted by Crippen LogP contribution is 2.24. The molecule has 0 bridgehead atoms.